The molecule has 0 N–H and O–H groups in total. The van der Waals surface area contributed by atoms with Crippen LogP contribution in [0.15, 0.2) is 48.5 Å². The molecule has 2 aromatic carbocycles. The first-order valence-corrected chi connectivity index (χ1v) is 9.73. The van der Waals surface area contributed by atoms with E-state index in [1.807, 2.05) is 41.3 Å². The van der Waals surface area contributed by atoms with Crippen molar-refractivity contribution in [3.63, 3.8) is 0 Å². The summed E-state index contributed by atoms with van der Waals surface area (Å²) in [6.07, 6.45) is 0.541. The maximum atomic E-state index is 13.3. The fraction of sp³-hybridized carbons (Fsp3) is 0.409. The van der Waals surface area contributed by atoms with E-state index in [9.17, 15) is 4.79 Å². The molecule has 1 saturated heterocycles. The first-order valence-electron chi connectivity index (χ1n) is 9.73. The van der Waals surface area contributed by atoms with Gasteiger partial charge < -0.3 is 23.8 Å². The fourth-order valence-electron chi connectivity index (χ4n) is 3.96. The van der Waals surface area contributed by atoms with Gasteiger partial charge in [0.1, 0.15) is 0 Å². The van der Waals surface area contributed by atoms with E-state index in [0.29, 0.717) is 32.2 Å². The number of carbonyl (C=O) groups excluding carboxylic acids is 1. The van der Waals surface area contributed by atoms with Crippen LogP contribution in [0.4, 0.5) is 0 Å². The van der Waals surface area contributed by atoms with E-state index in [2.05, 4.69) is 12.1 Å². The van der Waals surface area contributed by atoms with Gasteiger partial charge in [0, 0.05) is 12.5 Å². The molecule has 0 unspecified atom stereocenters. The minimum Gasteiger partial charge on any atom is -0.454 e. The van der Waals surface area contributed by atoms with Crippen molar-refractivity contribution >= 4 is 5.91 Å². The van der Waals surface area contributed by atoms with Crippen molar-refractivity contribution in [3.05, 3.63) is 59.7 Å². The van der Waals surface area contributed by atoms with Crippen LogP contribution in [0.2, 0.25) is 0 Å². The first-order chi connectivity index (χ1) is 13.8. The molecule has 2 aliphatic heterocycles. The molecule has 5 rings (SSSR count). The summed E-state index contributed by atoms with van der Waals surface area (Å²) in [6.45, 7) is 2.33. The third-order valence-electron chi connectivity index (χ3n) is 5.52. The van der Waals surface area contributed by atoms with E-state index in [1.54, 1.807) is 0 Å². The maximum Gasteiger partial charge on any atom is 0.231 e. The van der Waals surface area contributed by atoms with Crippen molar-refractivity contribution in [1.29, 1.82) is 0 Å². The monoisotopic (exact) mass is 381 g/mol. The highest BCUT2D eigenvalue weighted by molar-refractivity contribution is 5.83. The largest absolute Gasteiger partial charge is 0.454 e. The summed E-state index contributed by atoms with van der Waals surface area (Å²) in [7, 11) is 0. The van der Waals surface area contributed by atoms with Gasteiger partial charge in [0.05, 0.1) is 19.8 Å². The molecule has 2 aromatic rings. The molecule has 0 bridgehead atoms. The number of ether oxygens (including phenoxy) is 4. The predicted molar refractivity (Wildman–Crippen MR) is 101 cm³/mol. The average Bonchev–Trinajstić information content (AvgIpc) is 3.10. The van der Waals surface area contributed by atoms with E-state index in [4.69, 9.17) is 18.9 Å². The van der Waals surface area contributed by atoms with E-state index in [0.717, 1.165) is 23.5 Å². The Bertz CT molecular complexity index is 849. The van der Waals surface area contributed by atoms with E-state index < -0.39 is 0 Å². The third-order valence-corrected chi connectivity index (χ3v) is 5.52. The fourth-order valence-corrected chi connectivity index (χ4v) is 3.96. The van der Waals surface area contributed by atoms with Gasteiger partial charge in [0.25, 0.3) is 0 Å². The lowest BCUT2D eigenvalue weighted by Gasteiger charge is -2.25. The molecule has 0 aromatic heterocycles. The van der Waals surface area contributed by atoms with Crippen molar-refractivity contribution in [2.75, 3.05) is 26.6 Å². The highest BCUT2D eigenvalue weighted by atomic mass is 16.7. The van der Waals surface area contributed by atoms with Crippen LogP contribution in [0, 0.1) is 5.92 Å². The van der Waals surface area contributed by atoms with Gasteiger partial charge in [-0.05, 0) is 35.6 Å². The van der Waals surface area contributed by atoms with Crippen molar-refractivity contribution < 1.29 is 23.7 Å². The zero-order valence-corrected chi connectivity index (χ0v) is 15.6. The summed E-state index contributed by atoms with van der Waals surface area (Å²) in [5, 5.41) is 0. The number of carbonyl (C=O) groups is 1. The molecule has 3 aliphatic rings. The molecule has 2 fully saturated rings. The number of fused-ring (bicyclic) bond motifs is 1. The topological polar surface area (TPSA) is 57.2 Å². The second kappa shape index (κ2) is 7.45. The normalized spacial score (nSPS) is 23.0. The van der Waals surface area contributed by atoms with Crippen LogP contribution >= 0.6 is 0 Å². The number of nitrogens with zero attached hydrogens (tertiary/aromatic N) is 1. The zero-order valence-electron chi connectivity index (χ0n) is 15.6. The Balaban J connectivity index is 1.32. The molecule has 2 atom stereocenters. The quantitative estimate of drug-likeness (QED) is 0.770. The molecule has 0 spiro atoms. The lowest BCUT2D eigenvalue weighted by molar-refractivity contribution is -0.139. The van der Waals surface area contributed by atoms with Gasteiger partial charge >= 0.3 is 0 Å². The standard InChI is InChI=1S/C22H23NO5/c24-22(18-11-17(18)16-4-2-1-3-5-16)23(13-21-25-8-9-26-21)12-15-6-7-19-20(10-15)28-14-27-19/h1-7,10,17-18,21H,8-9,11-14H2/t17-,18-/m0/s1. The van der Waals surface area contributed by atoms with E-state index >= 15 is 0 Å². The summed E-state index contributed by atoms with van der Waals surface area (Å²) in [4.78, 5) is 15.1. The van der Waals surface area contributed by atoms with Crippen LogP contribution in [0.3, 0.4) is 0 Å². The summed E-state index contributed by atoms with van der Waals surface area (Å²) in [6, 6.07) is 16.1. The average molecular weight is 381 g/mol. The van der Waals surface area contributed by atoms with Crippen molar-refractivity contribution in [2.24, 2.45) is 5.92 Å². The summed E-state index contributed by atoms with van der Waals surface area (Å²) in [5.74, 6) is 1.96. The molecular weight excluding hydrogens is 358 g/mol. The summed E-state index contributed by atoms with van der Waals surface area (Å²) >= 11 is 0. The second-order valence-electron chi connectivity index (χ2n) is 7.44. The van der Waals surface area contributed by atoms with Gasteiger partial charge in [-0.1, -0.05) is 36.4 Å². The smallest absolute Gasteiger partial charge is 0.231 e. The third kappa shape index (κ3) is 3.57. The van der Waals surface area contributed by atoms with Crippen LogP contribution in [-0.4, -0.2) is 43.6 Å². The summed E-state index contributed by atoms with van der Waals surface area (Å²) < 4.78 is 22.0. The first kappa shape index (κ1) is 17.5. The van der Waals surface area contributed by atoms with Gasteiger partial charge in [-0.2, -0.15) is 0 Å². The van der Waals surface area contributed by atoms with Crippen molar-refractivity contribution in [1.82, 2.24) is 4.90 Å². The Morgan fingerprint density at radius 2 is 1.79 bits per heavy atom. The van der Waals surface area contributed by atoms with E-state index in [-0.39, 0.29) is 24.9 Å². The van der Waals surface area contributed by atoms with E-state index in [1.165, 1.54) is 5.56 Å². The lowest BCUT2D eigenvalue weighted by atomic mass is 10.1. The Morgan fingerprint density at radius 1 is 1.00 bits per heavy atom. The Morgan fingerprint density at radius 3 is 2.61 bits per heavy atom. The Kier molecular flexibility index (Phi) is 4.66. The lowest BCUT2D eigenvalue weighted by Crippen LogP contribution is -2.38. The van der Waals surface area contributed by atoms with Crippen molar-refractivity contribution in [2.45, 2.75) is 25.2 Å². The number of hydrogen-bond acceptors (Lipinski definition) is 5. The molecule has 1 aliphatic carbocycles. The summed E-state index contributed by atoms with van der Waals surface area (Å²) in [5.41, 5.74) is 2.24. The predicted octanol–water partition coefficient (Wildman–Crippen LogP) is 2.92. The molecular formula is C22H23NO5. The number of rotatable bonds is 6. The Labute approximate surface area is 163 Å². The van der Waals surface area contributed by atoms with Gasteiger partial charge in [-0.15, -0.1) is 0 Å². The van der Waals surface area contributed by atoms with Gasteiger partial charge in [0.2, 0.25) is 12.7 Å². The second-order valence-corrected chi connectivity index (χ2v) is 7.44. The molecule has 2 heterocycles. The molecule has 0 radical (unpaired) electrons. The molecule has 146 valence electrons. The highest BCUT2D eigenvalue weighted by Gasteiger charge is 2.46. The van der Waals surface area contributed by atoms with Gasteiger partial charge in [-0.25, -0.2) is 0 Å². The molecule has 6 heteroatoms. The van der Waals surface area contributed by atoms with Crippen LogP contribution in [0.1, 0.15) is 23.5 Å². The van der Waals surface area contributed by atoms with Crippen molar-refractivity contribution in [3.8, 4) is 11.5 Å². The Hall–Kier alpha value is -2.57. The highest BCUT2D eigenvalue weighted by Crippen LogP contribution is 2.48. The van der Waals surface area contributed by atoms with Crippen LogP contribution < -0.4 is 9.47 Å². The molecule has 28 heavy (non-hydrogen) atoms. The maximum absolute atomic E-state index is 13.3. The number of hydrogen-bond donors (Lipinski definition) is 0. The van der Waals surface area contributed by atoms with Gasteiger partial charge in [0.15, 0.2) is 17.8 Å². The van der Waals surface area contributed by atoms with Crippen LogP contribution in [0.25, 0.3) is 0 Å². The number of amides is 1. The molecule has 1 saturated carbocycles. The zero-order chi connectivity index (χ0) is 18.9. The molecule has 6 nitrogen and oxygen atoms in total. The SMILES string of the molecule is O=C([C@H]1C[C@H]1c1ccccc1)N(Cc1ccc2c(c1)OCO2)CC1OCCO1. The minimum atomic E-state index is -0.355. The van der Waals surface area contributed by atoms with Crippen LogP contribution in [-0.2, 0) is 20.8 Å². The minimum absolute atomic E-state index is 0.0258. The van der Waals surface area contributed by atoms with Crippen LogP contribution in [0.5, 0.6) is 11.5 Å². The molecule has 1 amide bonds. The van der Waals surface area contributed by atoms with Gasteiger partial charge in [-0.3, -0.25) is 4.79 Å². The number of benzene rings is 2.